The lowest BCUT2D eigenvalue weighted by atomic mass is 9.89. The number of amides is 1. The van der Waals surface area contributed by atoms with Gasteiger partial charge in [-0.2, -0.15) is 0 Å². The first-order valence-electron chi connectivity index (χ1n) is 8.76. The number of nitrogens with one attached hydrogen (secondary N) is 3. The second-order valence-electron chi connectivity index (χ2n) is 7.07. The summed E-state index contributed by atoms with van der Waals surface area (Å²) in [6, 6.07) is 5.14. The number of carbonyl (C=O) groups excluding carboxylic acids is 1. The van der Waals surface area contributed by atoms with Crippen molar-refractivity contribution in [2.45, 2.75) is 50.2 Å². The molecule has 3 N–H and O–H groups in total. The molecule has 7 heteroatoms. The van der Waals surface area contributed by atoms with E-state index in [4.69, 9.17) is 17.0 Å². The Labute approximate surface area is 150 Å². The third-order valence-corrected chi connectivity index (χ3v) is 5.55. The van der Waals surface area contributed by atoms with Crippen molar-refractivity contribution in [2.75, 3.05) is 6.61 Å². The normalized spacial score (nSPS) is 22.3. The topological polar surface area (TPSA) is 87.0 Å². The molecule has 2 aromatic rings. The standard InChI is InChI=1S/C18H21N3O3S/c22-15(19-12-5-8-24-18(10-12)6-1-2-7-18)11-3-4-13-14(9-11)20-17(25)21-16(13)23/h3-4,9,12H,1-2,5-8,10H2,(H,19,22)(H2,20,21,23,25)/t12-/m0/s1. The molecule has 1 aromatic heterocycles. The fourth-order valence-corrected chi connectivity index (χ4v) is 4.30. The summed E-state index contributed by atoms with van der Waals surface area (Å²) in [5.41, 5.74) is 0.812. The average molecular weight is 359 g/mol. The number of hydrogen-bond acceptors (Lipinski definition) is 4. The molecule has 1 aromatic carbocycles. The largest absolute Gasteiger partial charge is 0.375 e. The molecule has 4 rings (SSSR count). The van der Waals surface area contributed by atoms with Crippen LogP contribution in [0.15, 0.2) is 23.0 Å². The molecule has 1 aliphatic heterocycles. The highest BCUT2D eigenvalue weighted by Crippen LogP contribution is 2.40. The van der Waals surface area contributed by atoms with E-state index in [1.54, 1.807) is 18.2 Å². The SMILES string of the molecule is O=C(N[C@H]1CCOC2(CCCC2)C1)c1ccc2c(=O)[nH]c(=S)[nH]c2c1. The molecule has 0 unspecified atom stereocenters. The Morgan fingerprint density at radius 3 is 2.88 bits per heavy atom. The van der Waals surface area contributed by atoms with Gasteiger partial charge in [-0.1, -0.05) is 12.8 Å². The number of benzene rings is 1. The van der Waals surface area contributed by atoms with Gasteiger partial charge in [-0.15, -0.1) is 0 Å². The number of rotatable bonds is 2. The summed E-state index contributed by atoms with van der Waals surface area (Å²) >= 11 is 5.00. The van der Waals surface area contributed by atoms with Crippen LogP contribution in [0.4, 0.5) is 0 Å². The zero-order valence-electron chi connectivity index (χ0n) is 13.9. The Morgan fingerprint density at radius 1 is 1.28 bits per heavy atom. The number of ether oxygens (including phenoxy) is 1. The molecule has 132 valence electrons. The van der Waals surface area contributed by atoms with Gasteiger partial charge in [-0.05, 0) is 56.1 Å². The van der Waals surface area contributed by atoms with E-state index >= 15 is 0 Å². The number of H-pyrrole nitrogens is 2. The minimum atomic E-state index is -0.252. The van der Waals surface area contributed by atoms with Gasteiger partial charge in [0.1, 0.15) is 0 Å². The van der Waals surface area contributed by atoms with Crippen molar-refractivity contribution in [3.63, 3.8) is 0 Å². The molecule has 1 aliphatic carbocycles. The molecule has 25 heavy (non-hydrogen) atoms. The average Bonchev–Trinajstić information content (AvgIpc) is 3.01. The van der Waals surface area contributed by atoms with E-state index in [9.17, 15) is 9.59 Å². The zero-order chi connectivity index (χ0) is 17.4. The minimum absolute atomic E-state index is 0.0299. The number of carbonyl (C=O) groups is 1. The number of aromatic nitrogens is 2. The van der Waals surface area contributed by atoms with Gasteiger partial charge in [-0.3, -0.25) is 14.6 Å². The quantitative estimate of drug-likeness (QED) is 0.720. The van der Waals surface area contributed by atoms with Crippen molar-refractivity contribution >= 4 is 29.0 Å². The second-order valence-corrected chi connectivity index (χ2v) is 7.48. The highest BCUT2D eigenvalue weighted by molar-refractivity contribution is 7.71. The third-order valence-electron chi connectivity index (χ3n) is 5.34. The summed E-state index contributed by atoms with van der Waals surface area (Å²) in [6.07, 6.45) is 6.32. The lowest BCUT2D eigenvalue weighted by molar-refractivity contribution is -0.0823. The molecule has 1 spiro atoms. The Morgan fingerprint density at radius 2 is 2.08 bits per heavy atom. The van der Waals surface area contributed by atoms with Crippen LogP contribution in [0.1, 0.15) is 48.9 Å². The van der Waals surface area contributed by atoms with Crippen LogP contribution in [0.3, 0.4) is 0 Å². The van der Waals surface area contributed by atoms with E-state index < -0.39 is 0 Å². The Bertz CT molecular complexity index is 927. The summed E-state index contributed by atoms with van der Waals surface area (Å²) in [6.45, 7) is 0.700. The summed E-state index contributed by atoms with van der Waals surface area (Å²) < 4.78 is 6.27. The van der Waals surface area contributed by atoms with Crippen LogP contribution in [-0.2, 0) is 4.74 Å². The van der Waals surface area contributed by atoms with Crippen LogP contribution in [0.25, 0.3) is 10.9 Å². The molecular formula is C18H21N3O3S. The van der Waals surface area contributed by atoms with Crippen LogP contribution in [-0.4, -0.2) is 34.1 Å². The summed E-state index contributed by atoms with van der Waals surface area (Å²) in [5.74, 6) is -0.124. The first kappa shape index (κ1) is 16.5. The third kappa shape index (κ3) is 3.26. The molecule has 1 saturated heterocycles. The molecule has 1 atom stereocenters. The first-order valence-corrected chi connectivity index (χ1v) is 9.17. The predicted molar refractivity (Wildman–Crippen MR) is 97.4 cm³/mol. The lowest BCUT2D eigenvalue weighted by Gasteiger charge is -2.38. The molecule has 2 aliphatic rings. The van der Waals surface area contributed by atoms with Gasteiger partial charge in [-0.25, -0.2) is 0 Å². The molecule has 6 nitrogen and oxygen atoms in total. The van der Waals surface area contributed by atoms with E-state index in [-0.39, 0.29) is 27.9 Å². The maximum Gasteiger partial charge on any atom is 0.259 e. The van der Waals surface area contributed by atoms with E-state index in [2.05, 4.69) is 15.3 Å². The van der Waals surface area contributed by atoms with Crippen LogP contribution < -0.4 is 10.9 Å². The highest BCUT2D eigenvalue weighted by Gasteiger charge is 2.40. The fraction of sp³-hybridized carbons (Fsp3) is 0.500. The first-order chi connectivity index (χ1) is 12.0. The smallest absolute Gasteiger partial charge is 0.259 e. The van der Waals surface area contributed by atoms with Crippen LogP contribution in [0, 0.1) is 4.77 Å². The molecule has 0 bridgehead atoms. The summed E-state index contributed by atoms with van der Waals surface area (Å²) in [5, 5.41) is 3.62. The van der Waals surface area contributed by atoms with Crippen LogP contribution in [0.5, 0.6) is 0 Å². The van der Waals surface area contributed by atoms with Crippen LogP contribution in [0.2, 0.25) is 0 Å². The highest BCUT2D eigenvalue weighted by atomic mass is 32.1. The van der Waals surface area contributed by atoms with Gasteiger partial charge in [0.2, 0.25) is 0 Å². The molecule has 2 fully saturated rings. The molecule has 1 saturated carbocycles. The van der Waals surface area contributed by atoms with Gasteiger partial charge in [0.05, 0.1) is 16.5 Å². The molecular weight excluding hydrogens is 338 g/mol. The minimum Gasteiger partial charge on any atom is -0.375 e. The van der Waals surface area contributed by atoms with E-state index in [1.165, 1.54) is 12.8 Å². The van der Waals surface area contributed by atoms with Crippen molar-refractivity contribution in [3.8, 4) is 0 Å². The van der Waals surface area contributed by atoms with Crippen molar-refractivity contribution in [1.82, 2.24) is 15.3 Å². The second kappa shape index (κ2) is 6.38. The zero-order valence-corrected chi connectivity index (χ0v) is 14.7. The monoisotopic (exact) mass is 359 g/mol. The van der Waals surface area contributed by atoms with E-state index in [0.717, 1.165) is 25.7 Å². The Balaban J connectivity index is 1.54. The van der Waals surface area contributed by atoms with Crippen molar-refractivity contribution in [2.24, 2.45) is 0 Å². The lowest BCUT2D eigenvalue weighted by Crippen LogP contribution is -2.47. The van der Waals surface area contributed by atoms with Gasteiger partial charge >= 0.3 is 0 Å². The molecule has 0 radical (unpaired) electrons. The van der Waals surface area contributed by atoms with Crippen molar-refractivity contribution in [1.29, 1.82) is 0 Å². The van der Waals surface area contributed by atoms with E-state index in [1.807, 2.05) is 0 Å². The Kier molecular flexibility index (Phi) is 4.21. The number of hydrogen-bond donors (Lipinski definition) is 3. The maximum absolute atomic E-state index is 12.7. The van der Waals surface area contributed by atoms with Gasteiger partial charge < -0.3 is 15.0 Å². The molecule has 2 heterocycles. The molecule has 1 amide bonds. The number of fused-ring (bicyclic) bond motifs is 1. The van der Waals surface area contributed by atoms with Crippen LogP contribution >= 0.6 is 12.2 Å². The van der Waals surface area contributed by atoms with Crippen molar-refractivity contribution in [3.05, 3.63) is 38.9 Å². The van der Waals surface area contributed by atoms with Gasteiger partial charge in [0.25, 0.3) is 11.5 Å². The van der Waals surface area contributed by atoms with Gasteiger partial charge in [0.15, 0.2) is 4.77 Å². The Hall–Kier alpha value is -1.99. The summed E-state index contributed by atoms with van der Waals surface area (Å²) in [4.78, 5) is 30.0. The fourth-order valence-electron chi connectivity index (χ4n) is 4.10. The maximum atomic E-state index is 12.7. The van der Waals surface area contributed by atoms with Crippen molar-refractivity contribution < 1.29 is 9.53 Å². The number of aromatic amines is 2. The summed E-state index contributed by atoms with van der Waals surface area (Å²) in [7, 11) is 0. The van der Waals surface area contributed by atoms with E-state index in [0.29, 0.717) is 23.1 Å². The van der Waals surface area contributed by atoms with Gasteiger partial charge in [0, 0.05) is 18.2 Å². The predicted octanol–water partition coefficient (Wildman–Crippen LogP) is 2.81.